The highest BCUT2D eigenvalue weighted by Gasteiger charge is 2.24. The van der Waals surface area contributed by atoms with Crippen LogP contribution >= 0.6 is 0 Å². The number of hydrogen-bond acceptors (Lipinski definition) is 4. The van der Waals surface area contributed by atoms with Crippen molar-refractivity contribution in [1.82, 2.24) is 14.7 Å². The van der Waals surface area contributed by atoms with Crippen molar-refractivity contribution in [2.45, 2.75) is 26.5 Å². The fraction of sp³-hybridized carbons (Fsp3) is 0.250. The second kappa shape index (κ2) is 7.90. The number of aliphatic carboxylic acids is 1. The van der Waals surface area contributed by atoms with Crippen molar-refractivity contribution in [2.24, 2.45) is 5.92 Å². The predicted octanol–water partition coefficient (Wildman–Crippen LogP) is 2.75. The molecule has 0 aliphatic heterocycles. The quantitative estimate of drug-likeness (QED) is 0.670. The van der Waals surface area contributed by atoms with Crippen LogP contribution in [0.4, 0.5) is 0 Å². The molecular formula is C20H21N3O4. The number of pyridine rings is 1. The van der Waals surface area contributed by atoms with Crippen molar-refractivity contribution >= 4 is 17.5 Å². The minimum Gasteiger partial charge on any atom is -0.487 e. The lowest BCUT2D eigenvalue weighted by Gasteiger charge is -2.18. The zero-order valence-corrected chi connectivity index (χ0v) is 15.1. The Hall–Kier alpha value is -3.35. The average Bonchev–Trinajstić information content (AvgIpc) is 3.07. The van der Waals surface area contributed by atoms with Crippen molar-refractivity contribution in [3.8, 4) is 5.75 Å². The number of rotatable bonds is 7. The maximum Gasteiger partial charge on any atom is 0.326 e. The monoisotopic (exact) mass is 367 g/mol. The molecule has 7 nitrogen and oxygen atoms in total. The first-order chi connectivity index (χ1) is 12.9. The molecule has 140 valence electrons. The molecule has 3 rings (SSSR count). The summed E-state index contributed by atoms with van der Waals surface area (Å²) in [6.45, 7) is 3.75. The van der Waals surface area contributed by atoms with Gasteiger partial charge in [-0.3, -0.25) is 4.79 Å². The summed E-state index contributed by atoms with van der Waals surface area (Å²) in [5.41, 5.74) is 1.94. The summed E-state index contributed by atoms with van der Waals surface area (Å²) in [5, 5.41) is 11.8. The number of hydrogen-bond donors (Lipinski definition) is 2. The van der Waals surface area contributed by atoms with E-state index in [2.05, 4.69) is 10.3 Å². The third-order valence-corrected chi connectivity index (χ3v) is 4.12. The van der Waals surface area contributed by atoms with Gasteiger partial charge in [0.05, 0.1) is 5.69 Å². The van der Waals surface area contributed by atoms with Crippen LogP contribution in [0.5, 0.6) is 5.75 Å². The number of ether oxygens (including phenoxy) is 1. The Labute approximate surface area is 156 Å². The maximum absolute atomic E-state index is 12.4. The minimum atomic E-state index is -1.06. The molecule has 1 amide bonds. The van der Waals surface area contributed by atoms with E-state index in [0.29, 0.717) is 11.3 Å². The van der Waals surface area contributed by atoms with Crippen LogP contribution in [0.2, 0.25) is 0 Å². The Morgan fingerprint density at radius 2 is 2.04 bits per heavy atom. The Morgan fingerprint density at radius 3 is 2.74 bits per heavy atom. The topological polar surface area (TPSA) is 92.9 Å². The number of carbonyl (C=O) groups excluding carboxylic acids is 1. The van der Waals surface area contributed by atoms with Crippen molar-refractivity contribution in [1.29, 1.82) is 0 Å². The molecule has 7 heteroatoms. The van der Waals surface area contributed by atoms with Gasteiger partial charge in [0.2, 0.25) is 0 Å². The first-order valence-corrected chi connectivity index (χ1v) is 8.63. The molecule has 2 aromatic heterocycles. The van der Waals surface area contributed by atoms with Gasteiger partial charge in [-0.1, -0.05) is 26.0 Å². The minimum absolute atomic E-state index is 0.221. The first-order valence-electron chi connectivity index (χ1n) is 8.63. The van der Waals surface area contributed by atoms with Crippen molar-refractivity contribution < 1.29 is 19.4 Å². The zero-order valence-electron chi connectivity index (χ0n) is 15.1. The summed E-state index contributed by atoms with van der Waals surface area (Å²) < 4.78 is 7.64. The number of nitrogens with zero attached hydrogens (tertiary/aromatic N) is 2. The number of benzene rings is 1. The van der Waals surface area contributed by atoms with E-state index in [1.54, 1.807) is 38.1 Å². The van der Waals surface area contributed by atoms with Gasteiger partial charge in [0.1, 0.15) is 24.0 Å². The number of carboxylic acid groups (broad SMARTS) is 1. The molecule has 0 saturated carbocycles. The van der Waals surface area contributed by atoms with E-state index < -0.39 is 17.9 Å². The summed E-state index contributed by atoms with van der Waals surface area (Å²) in [7, 11) is 0. The molecule has 1 aromatic carbocycles. The number of imidazole rings is 1. The Morgan fingerprint density at radius 1 is 1.22 bits per heavy atom. The molecule has 2 heterocycles. The Kier molecular flexibility index (Phi) is 5.40. The lowest BCUT2D eigenvalue weighted by Crippen LogP contribution is -2.44. The average molecular weight is 367 g/mol. The van der Waals surface area contributed by atoms with Crippen molar-refractivity contribution in [3.05, 3.63) is 66.1 Å². The van der Waals surface area contributed by atoms with Gasteiger partial charge < -0.3 is 19.6 Å². The van der Waals surface area contributed by atoms with Crippen LogP contribution in [0.1, 0.15) is 29.9 Å². The summed E-state index contributed by atoms with van der Waals surface area (Å²) >= 11 is 0. The fourth-order valence-corrected chi connectivity index (χ4v) is 2.68. The molecule has 0 radical (unpaired) electrons. The molecule has 0 aliphatic rings. The van der Waals surface area contributed by atoms with E-state index in [1.165, 1.54) is 0 Å². The molecule has 0 fully saturated rings. The highest BCUT2D eigenvalue weighted by molar-refractivity contribution is 5.96. The SMILES string of the molecule is CC(C)[C@H](NC(=O)c1cccc(OCc2cn3ccccc3n2)c1)C(=O)O. The van der Waals surface area contributed by atoms with Gasteiger partial charge >= 0.3 is 5.97 Å². The molecule has 27 heavy (non-hydrogen) atoms. The molecule has 2 N–H and O–H groups in total. The van der Waals surface area contributed by atoms with Crippen LogP contribution < -0.4 is 10.1 Å². The van der Waals surface area contributed by atoms with Crippen molar-refractivity contribution in [3.63, 3.8) is 0 Å². The number of nitrogens with one attached hydrogen (secondary N) is 1. The molecule has 0 saturated heterocycles. The normalized spacial score (nSPS) is 12.1. The highest BCUT2D eigenvalue weighted by Crippen LogP contribution is 2.16. The van der Waals surface area contributed by atoms with Gasteiger partial charge in [0.25, 0.3) is 5.91 Å². The van der Waals surface area contributed by atoms with Crippen LogP contribution in [0, 0.1) is 5.92 Å². The van der Waals surface area contributed by atoms with E-state index in [4.69, 9.17) is 4.74 Å². The number of amides is 1. The fourth-order valence-electron chi connectivity index (χ4n) is 2.68. The number of carbonyl (C=O) groups is 2. The summed E-state index contributed by atoms with van der Waals surface area (Å²) in [6.07, 6.45) is 3.79. The number of aromatic nitrogens is 2. The van der Waals surface area contributed by atoms with Crippen LogP contribution in [0.3, 0.4) is 0 Å². The van der Waals surface area contributed by atoms with E-state index in [9.17, 15) is 14.7 Å². The smallest absolute Gasteiger partial charge is 0.326 e. The third-order valence-electron chi connectivity index (χ3n) is 4.12. The largest absolute Gasteiger partial charge is 0.487 e. The summed E-state index contributed by atoms with van der Waals surface area (Å²) in [6, 6.07) is 11.4. The Balaban J connectivity index is 1.67. The van der Waals surface area contributed by atoms with Crippen LogP contribution in [0.25, 0.3) is 5.65 Å². The van der Waals surface area contributed by atoms with E-state index in [-0.39, 0.29) is 12.5 Å². The summed E-state index contributed by atoms with van der Waals surface area (Å²) in [5.74, 6) is -1.22. The van der Waals surface area contributed by atoms with Gasteiger partial charge in [0.15, 0.2) is 0 Å². The van der Waals surface area contributed by atoms with Gasteiger partial charge in [-0.05, 0) is 36.2 Å². The predicted molar refractivity (Wildman–Crippen MR) is 99.7 cm³/mol. The number of carboxylic acids is 1. The highest BCUT2D eigenvalue weighted by atomic mass is 16.5. The van der Waals surface area contributed by atoms with Crippen LogP contribution in [-0.2, 0) is 11.4 Å². The van der Waals surface area contributed by atoms with E-state index in [1.807, 2.05) is 35.0 Å². The molecule has 1 atom stereocenters. The molecule has 3 aromatic rings. The second-order valence-corrected chi connectivity index (χ2v) is 6.55. The van der Waals surface area contributed by atoms with Gasteiger partial charge in [-0.15, -0.1) is 0 Å². The van der Waals surface area contributed by atoms with Gasteiger partial charge in [-0.2, -0.15) is 0 Å². The Bertz CT molecular complexity index is 932. The van der Waals surface area contributed by atoms with Crippen LogP contribution in [-0.4, -0.2) is 32.4 Å². The van der Waals surface area contributed by atoms with Crippen molar-refractivity contribution in [2.75, 3.05) is 0 Å². The third kappa shape index (κ3) is 4.44. The lowest BCUT2D eigenvalue weighted by molar-refractivity contribution is -0.140. The van der Waals surface area contributed by atoms with Crippen LogP contribution in [0.15, 0.2) is 54.9 Å². The zero-order chi connectivity index (χ0) is 19.4. The molecule has 0 spiro atoms. The molecule has 0 bridgehead atoms. The molecule has 0 unspecified atom stereocenters. The van der Waals surface area contributed by atoms with Gasteiger partial charge in [-0.25, -0.2) is 9.78 Å². The van der Waals surface area contributed by atoms with E-state index >= 15 is 0 Å². The first kappa shape index (κ1) is 18.4. The van der Waals surface area contributed by atoms with Gasteiger partial charge in [0, 0.05) is 18.0 Å². The molecular weight excluding hydrogens is 346 g/mol. The molecule has 0 aliphatic carbocycles. The maximum atomic E-state index is 12.4. The summed E-state index contributed by atoms with van der Waals surface area (Å²) in [4.78, 5) is 28.1. The second-order valence-electron chi connectivity index (χ2n) is 6.55. The number of fused-ring (bicyclic) bond motifs is 1. The van der Waals surface area contributed by atoms with E-state index in [0.717, 1.165) is 11.3 Å². The lowest BCUT2D eigenvalue weighted by atomic mass is 10.0. The standard InChI is InChI=1S/C20H21N3O4/c1-13(2)18(20(25)26)22-19(24)14-6-5-7-16(10-14)27-12-15-11-23-9-4-3-8-17(23)21-15/h3-11,13,18H,12H2,1-2H3,(H,22,24)(H,25,26)/t18-/m0/s1.